The molecule has 1 N–H and O–H groups in total. The van der Waals surface area contributed by atoms with Gasteiger partial charge in [0, 0.05) is 24.8 Å². The molecule has 1 aromatic rings. The maximum absolute atomic E-state index is 5.45. The van der Waals surface area contributed by atoms with E-state index in [4.69, 9.17) is 4.74 Å². The van der Waals surface area contributed by atoms with Crippen LogP contribution in [0.5, 0.6) is 5.75 Å². The van der Waals surface area contributed by atoms with Crippen LogP contribution in [0.4, 0.5) is 5.69 Å². The van der Waals surface area contributed by atoms with Crippen LogP contribution in [0, 0.1) is 0 Å². The Hall–Kier alpha value is -1.22. The molecule has 1 saturated heterocycles. The number of benzene rings is 1. The Morgan fingerprint density at radius 2 is 2.06 bits per heavy atom. The molecule has 0 saturated carbocycles. The summed E-state index contributed by atoms with van der Waals surface area (Å²) in [5.74, 6) is 0.957. The molecule has 1 aliphatic heterocycles. The first-order valence-corrected chi connectivity index (χ1v) is 6.54. The summed E-state index contributed by atoms with van der Waals surface area (Å²) in [7, 11) is 0. The molecule has 0 amide bonds. The highest BCUT2D eigenvalue weighted by atomic mass is 16.5. The van der Waals surface area contributed by atoms with Crippen molar-refractivity contribution in [1.29, 1.82) is 0 Å². The van der Waals surface area contributed by atoms with E-state index in [9.17, 15) is 0 Å². The van der Waals surface area contributed by atoms with Crippen molar-refractivity contribution in [2.75, 3.05) is 31.1 Å². The summed E-state index contributed by atoms with van der Waals surface area (Å²) in [5.41, 5.74) is 1.30. The van der Waals surface area contributed by atoms with E-state index in [1.54, 1.807) is 0 Å². The van der Waals surface area contributed by atoms with Gasteiger partial charge in [-0.1, -0.05) is 6.92 Å². The zero-order valence-corrected chi connectivity index (χ0v) is 10.8. The van der Waals surface area contributed by atoms with Gasteiger partial charge in [-0.2, -0.15) is 0 Å². The summed E-state index contributed by atoms with van der Waals surface area (Å²) in [6.45, 7) is 8.22. The SMILES string of the molecule is CCNC1CCN(c2ccc(OCC)cc2)C1. The molecule has 1 fully saturated rings. The maximum Gasteiger partial charge on any atom is 0.119 e. The lowest BCUT2D eigenvalue weighted by Gasteiger charge is -2.19. The lowest BCUT2D eigenvalue weighted by Crippen LogP contribution is -2.32. The third kappa shape index (κ3) is 3.13. The fourth-order valence-electron chi connectivity index (χ4n) is 2.37. The van der Waals surface area contributed by atoms with Crippen molar-refractivity contribution >= 4 is 5.69 Å². The Balaban J connectivity index is 1.94. The molecule has 1 unspecified atom stereocenters. The van der Waals surface area contributed by atoms with Crippen LogP contribution in [0.2, 0.25) is 0 Å². The van der Waals surface area contributed by atoms with Gasteiger partial charge >= 0.3 is 0 Å². The normalized spacial score (nSPS) is 19.6. The molecule has 0 radical (unpaired) electrons. The van der Waals surface area contributed by atoms with Crippen molar-refractivity contribution in [1.82, 2.24) is 5.32 Å². The minimum atomic E-state index is 0.645. The molecule has 3 heteroatoms. The standard InChI is InChI=1S/C14H22N2O/c1-3-15-12-9-10-16(11-12)13-5-7-14(8-6-13)17-4-2/h5-8,12,15H,3-4,9-11H2,1-2H3. The van der Waals surface area contributed by atoms with E-state index in [1.165, 1.54) is 12.1 Å². The van der Waals surface area contributed by atoms with Gasteiger partial charge < -0.3 is 15.0 Å². The first-order chi connectivity index (χ1) is 8.33. The maximum atomic E-state index is 5.45. The molecule has 2 rings (SSSR count). The van der Waals surface area contributed by atoms with Gasteiger partial charge in [0.1, 0.15) is 5.75 Å². The zero-order valence-electron chi connectivity index (χ0n) is 10.8. The molecule has 0 aliphatic carbocycles. The second-order valence-electron chi connectivity index (χ2n) is 4.42. The predicted molar refractivity (Wildman–Crippen MR) is 71.9 cm³/mol. The summed E-state index contributed by atoms with van der Waals surface area (Å²) >= 11 is 0. The first kappa shape index (κ1) is 12.2. The van der Waals surface area contributed by atoms with Crippen LogP contribution in [0.25, 0.3) is 0 Å². The van der Waals surface area contributed by atoms with Gasteiger partial charge in [0.05, 0.1) is 6.61 Å². The van der Waals surface area contributed by atoms with Gasteiger partial charge in [0.25, 0.3) is 0 Å². The molecule has 1 heterocycles. The highest BCUT2D eigenvalue weighted by Crippen LogP contribution is 2.23. The molecule has 0 spiro atoms. The number of anilines is 1. The monoisotopic (exact) mass is 234 g/mol. The third-order valence-corrected chi connectivity index (χ3v) is 3.19. The van der Waals surface area contributed by atoms with Crippen molar-refractivity contribution in [2.24, 2.45) is 0 Å². The lowest BCUT2D eigenvalue weighted by atomic mass is 10.2. The van der Waals surface area contributed by atoms with E-state index in [1.807, 2.05) is 6.92 Å². The van der Waals surface area contributed by atoms with Crippen molar-refractivity contribution in [3.05, 3.63) is 24.3 Å². The molecule has 1 aromatic carbocycles. The van der Waals surface area contributed by atoms with Gasteiger partial charge in [-0.05, 0) is 44.2 Å². The molecular formula is C14H22N2O. The summed E-state index contributed by atoms with van der Waals surface area (Å²) in [6, 6.07) is 9.06. The van der Waals surface area contributed by atoms with Gasteiger partial charge in [-0.3, -0.25) is 0 Å². The van der Waals surface area contributed by atoms with Gasteiger partial charge in [-0.25, -0.2) is 0 Å². The second-order valence-corrected chi connectivity index (χ2v) is 4.42. The van der Waals surface area contributed by atoms with Gasteiger partial charge in [0.2, 0.25) is 0 Å². The van der Waals surface area contributed by atoms with E-state index in [0.29, 0.717) is 6.04 Å². The van der Waals surface area contributed by atoms with Crippen molar-refractivity contribution < 1.29 is 4.74 Å². The third-order valence-electron chi connectivity index (χ3n) is 3.19. The smallest absolute Gasteiger partial charge is 0.119 e. The average molecular weight is 234 g/mol. The second kappa shape index (κ2) is 5.92. The topological polar surface area (TPSA) is 24.5 Å². The number of nitrogens with zero attached hydrogens (tertiary/aromatic N) is 1. The minimum absolute atomic E-state index is 0.645. The molecule has 94 valence electrons. The van der Waals surface area contributed by atoms with Crippen LogP contribution in [0.15, 0.2) is 24.3 Å². The number of nitrogens with one attached hydrogen (secondary N) is 1. The fraction of sp³-hybridized carbons (Fsp3) is 0.571. The molecule has 17 heavy (non-hydrogen) atoms. The van der Waals surface area contributed by atoms with Crippen molar-refractivity contribution in [3.8, 4) is 5.75 Å². The van der Waals surface area contributed by atoms with Gasteiger partial charge in [-0.15, -0.1) is 0 Å². The van der Waals surface area contributed by atoms with E-state index in [-0.39, 0.29) is 0 Å². The summed E-state index contributed by atoms with van der Waals surface area (Å²) in [4.78, 5) is 2.43. The van der Waals surface area contributed by atoms with E-state index < -0.39 is 0 Å². The quantitative estimate of drug-likeness (QED) is 0.846. The Bertz CT molecular complexity index is 337. The van der Waals surface area contributed by atoms with Crippen molar-refractivity contribution in [3.63, 3.8) is 0 Å². The largest absolute Gasteiger partial charge is 0.494 e. The summed E-state index contributed by atoms with van der Waals surface area (Å²) < 4.78 is 5.45. The van der Waals surface area contributed by atoms with Crippen LogP contribution in [0.1, 0.15) is 20.3 Å². The Labute approximate surface area is 104 Å². The number of hydrogen-bond donors (Lipinski definition) is 1. The zero-order chi connectivity index (χ0) is 12.1. The number of rotatable bonds is 5. The van der Waals surface area contributed by atoms with Crippen LogP contribution in [0.3, 0.4) is 0 Å². The number of likely N-dealkylation sites (N-methyl/N-ethyl adjacent to an activating group) is 1. The Morgan fingerprint density at radius 3 is 2.71 bits per heavy atom. The predicted octanol–water partition coefficient (Wildman–Crippen LogP) is 2.27. The lowest BCUT2D eigenvalue weighted by molar-refractivity contribution is 0.340. The van der Waals surface area contributed by atoms with Crippen LogP contribution >= 0.6 is 0 Å². The minimum Gasteiger partial charge on any atom is -0.494 e. The molecule has 3 nitrogen and oxygen atoms in total. The Morgan fingerprint density at radius 1 is 1.29 bits per heavy atom. The number of ether oxygens (including phenoxy) is 1. The highest BCUT2D eigenvalue weighted by molar-refractivity contribution is 5.50. The first-order valence-electron chi connectivity index (χ1n) is 6.54. The fourth-order valence-corrected chi connectivity index (χ4v) is 2.37. The average Bonchev–Trinajstić information content (AvgIpc) is 2.80. The molecule has 0 aromatic heterocycles. The summed E-state index contributed by atoms with van der Waals surface area (Å²) in [5, 5.41) is 3.51. The molecular weight excluding hydrogens is 212 g/mol. The summed E-state index contributed by atoms with van der Waals surface area (Å²) in [6.07, 6.45) is 1.24. The molecule has 1 aliphatic rings. The molecule has 1 atom stereocenters. The van der Waals surface area contributed by atoms with Crippen molar-refractivity contribution in [2.45, 2.75) is 26.3 Å². The van der Waals surface area contributed by atoms with E-state index in [0.717, 1.165) is 32.0 Å². The van der Waals surface area contributed by atoms with Crippen LogP contribution < -0.4 is 15.0 Å². The van der Waals surface area contributed by atoms with Crippen LogP contribution in [-0.2, 0) is 0 Å². The highest BCUT2D eigenvalue weighted by Gasteiger charge is 2.21. The van der Waals surface area contributed by atoms with Crippen LogP contribution in [-0.4, -0.2) is 32.3 Å². The van der Waals surface area contributed by atoms with Gasteiger partial charge in [0.15, 0.2) is 0 Å². The Kier molecular flexibility index (Phi) is 4.26. The van der Waals surface area contributed by atoms with E-state index in [2.05, 4.69) is 41.4 Å². The van der Waals surface area contributed by atoms with E-state index >= 15 is 0 Å². The number of hydrogen-bond acceptors (Lipinski definition) is 3. The molecule has 0 bridgehead atoms.